The number of carbonyl (C=O) groups excluding carboxylic acids is 2. The van der Waals surface area contributed by atoms with Crippen LogP contribution in [0.1, 0.15) is 18.9 Å². The molecule has 1 heterocycles. The van der Waals surface area contributed by atoms with Crippen LogP contribution in [0.3, 0.4) is 0 Å². The molecule has 0 aromatic heterocycles. The van der Waals surface area contributed by atoms with Gasteiger partial charge in [-0.05, 0) is 30.2 Å². The second kappa shape index (κ2) is 6.23. The molecule has 1 aliphatic heterocycles. The Morgan fingerprint density at radius 3 is 2.80 bits per heavy atom. The van der Waals surface area contributed by atoms with Gasteiger partial charge < -0.3 is 15.3 Å². The fraction of sp³-hybridized carbons (Fsp3) is 0.333. The number of hydrogen-bond acceptors (Lipinski definition) is 3. The minimum absolute atomic E-state index is 0.0925. The van der Waals surface area contributed by atoms with Gasteiger partial charge in [0.25, 0.3) is 0 Å². The first-order valence-electron chi connectivity index (χ1n) is 6.67. The summed E-state index contributed by atoms with van der Waals surface area (Å²) in [5.41, 5.74) is 0.825. The van der Waals surface area contributed by atoms with Crippen molar-refractivity contribution in [1.82, 2.24) is 10.2 Å². The quantitative estimate of drug-likeness (QED) is 0.812. The topological polar surface area (TPSA) is 69.6 Å². The average molecular weight is 274 g/mol. The molecule has 0 aliphatic carbocycles. The van der Waals surface area contributed by atoms with Crippen LogP contribution in [0.2, 0.25) is 0 Å². The number of hydrogen-bond donors (Lipinski definition) is 2. The molecule has 1 atom stereocenters. The van der Waals surface area contributed by atoms with Crippen molar-refractivity contribution in [3.8, 4) is 5.75 Å². The lowest BCUT2D eigenvalue weighted by atomic mass is 10.1. The highest BCUT2D eigenvalue weighted by atomic mass is 16.3. The predicted molar refractivity (Wildman–Crippen MR) is 75.9 cm³/mol. The van der Waals surface area contributed by atoms with Gasteiger partial charge in [0.1, 0.15) is 11.8 Å². The maximum absolute atomic E-state index is 12.2. The number of aromatic hydroxyl groups is 1. The third-order valence-electron chi connectivity index (χ3n) is 3.31. The molecule has 1 unspecified atom stereocenters. The summed E-state index contributed by atoms with van der Waals surface area (Å²) in [6, 6.07) is 6.18. The molecule has 1 saturated heterocycles. The van der Waals surface area contributed by atoms with Gasteiger partial charge in [-0.15, -0.1) is 0 Å². The number of nitrogens with one attached hydrogen (secondary N) is 1. The Morgan fingerprint density at radius 1 is 1.45 bits per heavy atom. The number of nitrogens with zero attached hydrogens (tertiary/aromatic N) is 1. The molecule has 1 aromatic rings. The van der Waals surface area contributed by atoms with E-state index < -0.39 is 0 Å². The summed E-state index contributed by atoms with van der Waals surface area (Å²) in [4.78, 5) is 25.5. The summed E-state index contributed by atoms with van der Waals surface area (Å²) in [6.07, 6.45) is 3.75. The van der Waals surface area contributed by atoms with Gasteiger partial charge in [0.15, 0.2) is 0 Å². The first-order valence-corrected chi connectivity index (χ1v) is 6.67. The SMILES string of the molecule is CCC1C(=O)NCCN1C(=O)C=Cc1ccc(O)cc1. The third-order valence-corrected chi connectivity index (χ3v) is 3.31. The van der Waals surface area contributed by atoms with Crippen molar-refractivity contribution in [2.24, 2.45) is 0 Å². The van der Waals surface area contributed by atoms with Crippen molar-refractivity contribution in [3.05, 3.63) is 35.9 Å². The maximum atomic E-state index is 12.2. The van der Waals surface area contributed by atoms with E-state index in [2.05, 4.69) is 5.32 Å². The smallest absolute Gasteiger partial charge is 0.247 e. The maximum Gasteiger partial charge on any atom is 0.247 e. The summed E-state index contributed by atoms with van der Waals surface area (Å²) in [6.45, 7) is 2.91. The molecule has 0 bridgehead atoms. The molecule has 0 saturated carbocycles. The number of phenolic OH excluding ortho intramolecular Hbond substituents is 1. The van der Waals surface area contributed by atoms with Crippen LogP contribution in [-0.2, 0) is 9.59 Å². The zero-order chi connectivity index (χ0) is 14.5. The minimum atomic E-state index is -0.388. The van der Waals surface area contributed by atoms with E-state index in [4.69, 9.17) is 0 Å². The van der Waals surface area contributed by atoms with Crippen molar-refractivity contribution >= 4 is 17.9 Å². The highest BCUT2D eigenvalue weighted by Crippen LogP contribution is 2.13. The lowest BCUT2D eigenvalue weighted by Gasteiger charge is -2.33. The second-order valence-corrected chi connectivity index (χ2v) is 4.67. The van der Waals surface area contributed by atoms with E-state index >= 15 is 0 Å². The van der Waals surface area contributed by atoms with Gasteiger partial charge in [-0.1, -0.05) is 19.1 Å². The molecule has 2 amide bonds. The monoisotopic (exact) mass is 274 g/mol. The molecule has 2 N–H and O–H groups in total. The first-order chi connectivity index (χ1) is 9.61. The first kappa shape index (κ1) is 14.1. The van der Waals surface area contributed by atoms with Crippen LogP contribution in [0.4, 0.5) is 0 Å². The van der Waals surface area contributed by atoms with Crippen LogP contribution in [0, 0.1) is 0 Å². The largest absolute Gasteiger partial charge is 0.508 e. The van der Waals surface area contributed by atoms with E-state index in [1.54, 1.807) is 35.2 Å². The summed E-state index contributed by atoms with van der Waals surface area (Å²) >= 11 is 0. The van der Waals surface area contributed by atoms with Gasteiger partial charge in [-0.25, -0.2) is 0 Å². The van der Waals surface area contributed by atoms with Gasteiger partial charge in [-0.2, -0.15) is 0 Å². The van der Waals surface area contributed by atoms with Crippen LogP contribution >= 0.6 is 0 Å². The molecule has 20 heavy (non-hydrogen) atoms. The Bertz CT molecular complexity index is 522. The molecule has 5 heteroatoms. The fourth-order valence-corrected chi connectivity index (χ4v) is 2.23. The number of rotatable bonds is 3. The zero-order valence-corrected chi connectivity index (χ0v) is 11.4. The van der Waals surface area contributed by atoms with E-state index in [1.807, 2.05) is 6.92 Å². The van der Waals surface area contributed by atoms with Gasteiger partial charge in [0.05, 0.1) is 0 Å². The average Bonchev–Trinajstić information content (AvgIpc) is 2.46. The van der Waals surface area contributed by atoms with Crippen LogP contribution in [0.25, 0.3) is 6.08 Å². The van der Waals surface area contributed by atoms with Crippen molar-refractivity contribution < 1.29 is 14.7 Å². The van der Waals surface area contributed by atoms with Crippen LogP contribution in [0.5, 0.6) is 5.75 Å². The summed E-state index contributed by atoms with van der Waals surface area (Å²) in [5.74, 6) is -0.0721. The van der Waals surface area contributed by atoms with Crippen molar-refractivity contribution in [2.75, 3.05) is 13.1 Å². The predicted octanol–water partition coefficient (Wildman–Crippen LogP) is 1.14. The normalized spacial score (nSPS) is 19.1. The molecule has 1 aromatic carbocycles. The van der Waals surface area contributed by atoms with Crippen LogP contribution in [0.15, 0.2) is 30.3 Å². The Hall–Kier alpha value is -2.30. The molecule has 0 spiro atoms. The highest BCUT2D eigenvalue weighted by molar-refractivity contribution is 5.96. The minimum Gasteiger partial charge on any atom is -0.508 e. The third kappa shape index (κ3) is 3.17. The Balaban J connectivity index is 2.06. The van der Waals surface area contributed by atoms with Gasteiger partial charge in [0, 0.05) is 19.2 Å². The van der Waals surface area contributed by atoms with Gasteiger partial charge >= 0.3 is 0 Å². The Labute approximate surface area is 117 Å². The standard InChI is InChI=1S/C15H18N2O3/c1-2-13-15(20)16-9-10-17(13)14(19)8-5-11-3-6-12(18)7-4-11/h3-8,13,18H,2,9-10H2,1H3,(H,16,20). The lowest BCUT2D eigenvalue weighted by molar-refractivity contribution is -0.140. The molecule has 106 valence electrons. The Morgan fingerprint density at radius 2 is 2.15 bits per heavy atom. The fourth-order valence-electron chi connectivity index (χ4n) is 2.23. The molecular weight excluding hydrogens is 256 g/mol. The molecule has 0 radical (unpaired) electrons. The van der Waals surface area contributed by atoms with E-state index in [9.17, 15) is 14.7 Å². The molecule has 1 aliphatic rings. The Kier molecular flexibility index (Phi) is 4.40. The van der Waals surface area contributed by atoms with Crippen molar-refractivity contribution in [3.63, 3.8) is 0 Å². The highest BCUT2D eigenvalue weighted by Gasteiger charge is 2.30. The number of piperazine rings is 1. The lowest BCUT2D eigenvalue weighted by Crippen LogP contribution is -2.56. The molecular formula is C15H18N2O3. The van der Waals surface area contributed by atoms with Crippen LogP contribution < -0.4 is 5.32 Å². The van der Waals surface area contributed by atoms with Crippen LogP contribution in [-0.4, -0.2) is 41.0 Å². The summed E-state index contributed by atoms with van der Waals surface area (Å²) in [5, 5.41) is 12.0. The zero-order valence-electron chi connectivity index (χ0n) is 11.4. The van der Waals surface area contributed by atoms with Crippen molar-refractivity contribution in [1.29, 1.82) is 0 Å². The summed E-state index contributed by atoms with van der Waals surface area (Å²) < 4.78 is 0. The molecule has 2 rings (SSSR count). The number of amides is 2. The van der Waals surface area contributed by atoms with Gasteiger partial charge in [0.2, 0.25) is 11.8 Å². The van der Waals surface area contributed by atoms with E-state index in [0.29, 0.717) is 19.5 Å². The van der Waals surface area contributed by atoms with E-state index in [-0.39, 0.29) is 23.6 Å². The molecule has 1 fully saturated rings. The van der Waals surface area contributed by atoms with E-state index in [0.717, 1.165) is 5.56 Å². The number of phenols is 1. The molecule has 5 nitrogen and oxygen atoms in total. The van der Waals surface area contributed by atoms with Gasteiger partial charge in [-0.3, -0.25) is 9.59 Å². The van der Waals surface area contributed by atoms with Crippen molar-refractivity contribution in [2.45, 2.75) is 19.4 Å². The number of carbonyl (C=O) groups is 2. The summed E-state index contributed by atoms with van der Waals surface area (Å²) in [7, 11) is 0. The second-order valence-electron chi connectivity index (χ2n) is 4.67. The number of benzene rings is 1. The van der Waals surface area contributed by atoms with E-state index in [1.165, 1.54) is 6.08 Å².